The van der Waals surface area contributed by atoms with E-state index in [0.29, 0.717) is 5.96 Å². The smallest absolute Gasteiger partial charge is 0.191 e. The molecular formula is C14H23N3. The summed E-state index contributed by atoms with van der Waals surface area (Å²) in [6, 6.07) is 10.4. The van der Waals surface area contributed by atoms with E-state index in [4.69, 9.17) is 5.73 Å². The zero-order valence-electron chi connectivity index (χ0n) is 11.3. The number of aliphatic imine (C=N–C) groups is 1. The highest BCUT2D eigenvalue weighted by Gasteiger charge is 2.10. The van der Waals surface area contributed by atoms with Crippen molar-refractivity contribution in [2.24, 2.45) is 10.7 Å². The molecule has 0 unspecified atom stereocenters. The van der Waals surface area contributed by atoms with Crippen molar-refractivity contribution in [1.29, 1.82) is 0 Å². The van der Waals surface area contributed by atoms with Crippen LogP contribution in [0.3, 0.4) is 0 Å². The summed E-state index contributed by atoms with van der Waals surface area (Å²) >= 11 is 0. The third-order valence-electron chi connectivity index (χ3n) is 2.42. The number of guanidine groups is 1. The number of benzene rings is 1. The number of nitrogens with zero attached hydrogens (tertiary/aromatic N) is 2. The van der Waals surface area contributed by atoms with Crippen LogP contribution < -0.4 is 5.73 Å². The minimum Gasteiger partial charge on any atom is -0.370 e. The molecule has 0 aliphatic rings. The highest BCUT2D eigenvalue weighted by Crippen LogP contribution is 2.07. The van der Waals surface area contributed by atoms with E-state index in [1.54, 1.807) is 0 Å². The molecule has 0 saturated carbocycles. The lowest BCUT2D eigenvalue weighted by Crippen LogP contribution is -2.37. The van der Waals surface area contributed by atoms with Crippen LogP contribution in [-0.4, -0.2) is 30.0 Å². The predicted molar refractivity (Wildman–Crippen MR) is 74.2 cm³/mol. The van der Waals surface area contributed by atoms with Crippen LogP contribution in [0.15, 0.2) is 35.3 Å². The molecule has 0 aliphatic heterocycles. The van der Waals surface area contributed by atoms with E-state index < -0.39 is 0 Å². The molecule has 0 radical (unpaired) electrons. The lowest BCUT2D eigenvalue weighted by Gasteiger charge is -2.21. The highest BCUT2D eigenvalue weighted by molar-refractivity contribution is 5.78. The lowest BCUT2D eigenvalue weighted by atomic mass is 10.1. The van der Waals surface area contributed by atoms with E-state index in [-0.39, 0.29) is 5.54 Å². The summed E-state index contributed by atoms with van der Waals surface area (Å²) in [5.74, 6) is 0.605. The van der Waals surface area contributed by atoms with Crippen LogP contribution in [0.1, 0.15) is 26.3 Å². The van der Waals surface area contributed by atoms with Gasteiger partial charge in [-0.2, -0.15) is 0 Å². The second-order valence-electron chi connectivity index (χ2n) is 5.30. The molecule has 0 bridgehead atoms. The Morgan fingerprint density at radius 1 is 1.24 bits per heavy atom. The van der Waals surface area contributed by atoms with Gasteiger partial charge in [-0.25, -0.2) is 4.99 Å². The van der Waals surface area contributed by atoms with Crippen LogP contribution in [-0.2, 0) is 6.42 Å². The van der Waals surface area contributed by atoms with Gasteiger partial charge in [0.05, 0.1) is 5.54 Å². The summed E-state index contributed by atoms with van der Waals surface area (Å²) in [6.07, 6.45) is 0.984. The Morgan fingerprint density at radius 3 is 2.35 bits per heavy atom. The first-order valence-electron chi connectivity index (χ1n) is 5.99. The summed E-state index contributed by atoms with van der Waals surface area (Å²) in [7, 11) is 1.98. The van der Waals surface area contributed by atoms with Crippen molar-refractivity contribution < 1.29 is 0 Å². The minimum absolute atomic E-state index is 0.120. The zero-order chi connectivity index (χ0) is 12.9. The van der Waals surface area contributed by atoms with E-state index in [2.05, 4.69) is 29.3 Å². The third kappa shape index (κ3) is 5.38. The Balaban J connectivity index is 2.50. The van der Waals surface area contributed by atoms with Gasteiger partial charge in [0.15, 0.2) is 5.96 Å². The SMILES string of the molecule is CN(CCc1ccccc1)C(N)=NC(C)(C)C. The summed E-state index contributed by atoms with van der Waals surface area (Å²) in [6.45, 7) is 7.02. The Morgan fingerprint density at radius 2 is 1.82 bits per heavy atom. The molecular weight excluding hydrogens is 210 g/mol. The predicted octanol–water partition coefficient (Wildman–Crippen LogP) is 2.27. The first kappa shape index (κ1) is 13.6. The Bertz CT molecular complexity index is 363. The maximum atomic E-state index is 5.94. The molecule has 1 aromatic rings. The summed E-state index contributed by atoms with van der Waals surface area (Å²) < 4.78 is 0. The van der Waals surface area contributed by atoms with Crippen LogP contribution in [0.5, 0.6) is 0 Å². The van der Waals surface area contributed by atoms with Gasteiger partial charge in [0.25, 0.3) is 0 Å². The van der Waals surface area contributed by atoms with Crippen molar-refractivity contribution in [2.45, 2.75) is 32.7 Å². The normalized spacial score (nSPS) is 12.6. The first-order chi connectivity index (χ1) is 7.88. The van der Waals surface area contributed by atoms with Crippen molar-refractivity contribution >= 4 is 5.96 Å². The molecule has 0 heterocycles. The Labute approximate surface area is 104 Å². The molecule has 0 aliphatic carbocycles. The Hall–Kier alpha value is -1.51. The van der Waals surface area contributed by atoms with Gasteiger partial charge in [0.2, 0.25) is 0 Å². The fraction of sp³-hybridized carbons (Fsp3) is 0.500. The summed E-state index contributed by atoms with van der Waals surface area (Å²) in [4.78, 5) is 6.44. The summed E-state index contributed by atoms with van der Waals surface area (Å²) in [5, 5.41) is 0. The summed E-state index contributed by atoms with van der Waals surface area (Å²) in [5.41, 5.74) is 7.15. The van der Waals surface area contributed by atoms with Crippen LogP contribution in [0.4, 0.5) is 0 Å². The molecule has 0 atom stereocenters. The molecule has 94 valence electrons. The van der Waals surface area contributed by atoms with Crippen molar-refractivity contribution in [3.05, 3.63) is 35.9 Å². The zero-order valence-corrected chi connectivity index (χ0v) is 11.3. The van der Waals surface area contributed by atoms with Gasteiger partial charge in [0.1, 0.15) is 0 Å². The second-order valence-corrected chi connectivity index (χ2v) is 5.30. The lowest BCUT2D eigenvalue weighted by molar-refractivity contribution is 0.481. The first-order valence-corrected chi connectivity index (χ1v) is 5.99. The van der Waals surface area contributed by atoms with Gasteiger partial charge >= 0.3 is 0 Å². The molecule has 17 heavy (non-hydrogen) atoms. The second kappa shape index (κ2) is 5.71. The largest absolute Gasteiger partial charge is 0.370 e. The quantitative estimate of drug-likeness (QED) is 0.643. The monoisotopic (exact) mass is 233 g/mol. The maximum Gasteiger partial charge on any atom is 0.191 e. The van der Waals surface area contributed by atoms with E-state index in [1.165, 1.54) is 5.56 Å². The molecule has 0 saturated heterocycles. The number of likely N-dealkylation sites (N-methyl/N-ethyl adjacent to an activating group) is 1. The maximum absolute atomic E-state index is 5.94. The number of rotatable bonds is 3. The van der Waals surface area contributed by atoms with E-state index in [0.717, 1.165) is 13.0 Å². The van der Waals surface area contributed by atoms with Crippen LogP contribution in [0, 0.1) is 0 Å². The fourth-order valence-corrected chi connectivity index (χ4v) is 1.49. The highest BCUT2D eigenvalue weighted by atomic mass is 15.2. The average Bonchev–Trinajstić information content (AvgIpc) is 2.25. The molecule has 0 spiro atoms. The molecule has 0 fully saturated rings. The molecule has 3 heteroatoms. The molecule has 0 aromatic heterocycles. The van der Waals surface area contributed by atoms with Gasteiger partial charge < -0.3 is 10.6 Å². The van der Waals surface area contributed by atoms with Gasteiger partial charge in [-0.05, 0) is 32.8 Å². The fourth-order valence-electron chi connectivity index (χ4n) is 1.49. The molecule has 2 N–H and O–H groups in total. The van der Waals surface area contributed by atoms with Gasteiger partial charge in [-0.15, -0.1) is 0 Å². The Kier molecular flexibility index (Phi) is 4.55. The van der Waals surface area contributed by atoms with Crippen molar-refractivity contribution in [1.82, 2.24) is 4.90 Å². The van der Waals surface area contributed by atoms with E-state index >= 15 is 0 Å². The number of nitrogens with two attached hydrogens (primary N) is 1. The average molecular weight is 233 g/mol. The van der Waals surface area contributed by atoms with Gasteiger partial charge in [0, 0.05) is 13.6 Å². The third-order valence-corrected chi connectivity index (χ3v) is 2.42. The van der Waals surface area contributed by atoms with E-state index in [1.807, 2.05) is 38.8 Å². The van der Waals surface area contributed by atoms with Crippen LogP contribution >= 0.6 is 0 Å². The van der Waals surface area contributed by atoms with Crippen molar-refractivity contribution in [2.75, 3.05) is 13.6 Å². The topological polar surface area (TPSA) is 41.6 Å². The van der Waals surface area contributed by atoms with Crippen molar-refractivity contribution in [3.8, 4) is 0 Å². The molecule has 1 aromatic carbocycles. The molecule has 0 amide bonds. The van der Waals surface area contributed by atoms with Crippen molar-refractivity contribution in [3.63, 3.8) is 0 Å². The standard InChI is InChI=1S/C14H23N3/c1-14(2,3)16-13(15)17(4)11-10-12-8-6-5-7-9-12/h5-9H,10-11H2,1-4H3,(H2,15,16). The van der Waals surface area contributed by atoms with Crippen LogP contribution in [0.25, 0.3) is 0 Å². The van der Waals surface area contributed by atoms with E-state index in [9.17, 15) is 0 Å². The van der Waals surface area contributed by atoms with Gasteiger partial charge in [-0.1, -0.05) is 30.3 Å². The van der Waals surface area contributed by atoms with Gasteiger partial charge in [-0.3, -0.25) is 0 Å². The van der Waals surface area contributed by atoms with Crippen LogP contribution in [0.2, 0.25) is 0 Å². The number of hydrogen-bond donors (Lipinski definition) is 1. The molecule has 1 rings (SSSR count). The number of hydrogen-bond acceptors (Lipinski definition) is 1. The minimum atomic E-state index is -0.120. The molecule has 3 nitrogen and oxygen atoms in total.